The zero-order valence-electron chi connectivity index (χ0n) is 14.9. The number of hydrogen-bond acceptors (Lipinski definition) is 6. The summed E-state index contributed by atoms with van der Waals surface area (Å²) in [5.74, 6) is -0.276. The Hall–Kier alpha value is -2.97. The van der Waals surface area contributed by atoms with Crippen LogP contribution < -0.4 is 5.32 Å². The fourth-order valence-corrected chi connectivity index (χ4v) is 5.12. The van der Waals surface area contributed by atoms with Crippen LogP contribution in [0, 0.1) is 0 Å². The fourth-order valence-electron chi connectivity index (χ4n) is 2.99. The van der Waals surface area contributed by atoms with E-state index < -0.39 is 16.0 Å². The molecule has 0 saturated carbocycles. The SMILES string of the molecule is CCOC(=O)c1c(-c2ccccc2)csc1NC1=NS(=O)(=O)c2ccccc21. The number of thiophene rings is 1. The molecule has 142 valence electrons. The molecule has 0 radical (unpaired) electrons. The van der Waals surface area contributed by atoms with Crippen molar-refractivity contribution in [3.05, 3.63) is 71.1 Å². The van der Waals surface area contributed by atoms with Gasteiger partial charge in [0, 0.05) is 16.5 Å². The number of nitrogens with zero attached hydrogens (tertiary/aromatic N) is 1. The number of ether oxygens (including phenoxy) is 1. The van der Waals surface area contributed by atoms with Gasteiger partial charge in [0.1, 0.15) is 15.5 Å². The van der Waals surface area contributed by atoms with Gasteiger partial charge < -0.3 is 10.1 Å². The van der Waals surface area contributed by atoms with Gasteiger partial charge >= 0.3 is 5.97 Å². The molecule has 8 heteroatoms. The lowest BCUT2D eigenvalue weighted by atomic mass is 10.0. The van der Waals surface area contributed by atoms with E-state index in [0.717, 1.165) is 11.1 Å². The molecule has 0 saturated heterocycles. The molecule has 1 aromatic heterocycles. The third-order valence-electron chi connectivity index (χ3n) is 4.22. The monoisotopic (exact) mass is 412 g/mol. The van der Waals surface area contributed by atoms with Crippen LogP contribution in [0.5, 0.6) is 0 Å². The molecule has 4 rings (SSSR count). The van der Waals surface area contributed by atoms with Crippen LogP contribution in [0.25, 0.3) is 11.1 Å². The molecule has 0 aliphatic carbocycles. The van der Waals surface area contributed by atoms with E-state index in [-0.39, 0.29) is 17.3 Å². The molecule has 2 heterocycles. The Morgan fingerprint density at radius 3 is 2.54 bits per heavy atom. The van der Waals surface area contributed by atoms with Gasteiger partial charge in [0.2, 0.25) is 0 Å². The normalized spacial score (nSPS) is 14.2. The molecule has 3 aromatic rings. The highest BCUT2D eigenvalue weighted by Gasteiger charge is 2.30. The van der Waals surface area contributed by atoms with Crippen LogP contribution in [-0.2, 0) is 14.8 Å². The summed E-state index contributed by atoms with van der Waals surface area (Å²) in [6.07, 6.45) is 0. The quantitative estimate of drug-likeness (QED) is 0.651. The Morgan fingerprint density at radius 2 is 1.79 bits per heavy atom. The van der Waals surface area contributed by atoms with Crippen LogP contribution in [0.15, 0.2) is 69.3 Å². The number of carbonyl (C=O) groups is 1. The summed E-state index contributed by atoms with van der Waals surface area (Å²) in [6.45, 7) is 1.98. The summed E-state index contributed by atoms with van der Waals surface area (Å²) in [7, 11) is -3.75. The molecular formula is C20H16N2O4S2. The average Bonchev–Trinajstić information content (AvgIpc) is 3.22. The van der Waals surface area contributed by atoms with Crippen molar-refractivity contribution in [1.82, 2.24) is 0 Å². The fraction of sp³-hybridized carbons (Fsp3) is 0.100. The van der Waals surface area contributed by atoms with Gasteiger partial charge in [0.05, 0.1) is 6.61 Å². The molecular weight excluding hydrogens is 396 g/mol. The first-order chi connectivity index (χ1) is 13.5. The van der Waals surface area contributed by atoms with Crippen LogP contribution >= 0.6 is 11.3 Å². The van der Waals surface area contributed by atoms with Crippen molar-refractivity contribution in [3.8, 4) is 11.1 Å². The second kappa shape index (κ2) is 7.21. The molecule has 1 aliphatic heterocycles. The van der Waals surface area contributed by atoms with E-state index in [9.17, 15) is 13.2 Å². The largest absolute Gasteiger partial charge is 0.462 e. The van der Waals surface area contributed by atoms with Crippen molar-refractivity contribution < 1.29 is 17.9 Å². The lowest BCUT2D eigenvalue weighted by Gasteiger charge is -2.09. The first kappa shape index (κ1) is 18.4. The molecule has 0 spiro atoms. The predicted molar refractivity (Wildman–Crippen MR) is 109 cm³/mol. The van der Waals surface area contributed by atoms with Gasteiger partial charge in [-0.05, 0) is 24.6 Å². The van der Waals surface area contributed by atoms with Gasteiger partial charge in [0.25, 0.3) is 10.0 Å². The van der Waals surface area contributed by atoms with Crippen LogP contribution in [0.4, 0.5) is 5.00 Å². The van der Waals surface area contributed by atoms with Gasteiger partial charge in [-0.25, -0.2) is 4.79 Å². The maximum Gasteiger partial charge on any atom is 0.341 e. The maximum atomic E-state index is 12.7. The van der Waals surface area contributed by atoms with Gasteiger partial charge in [-0.3, -0.25) is 0 Å². The lowest BCUT2D eigenvalue weighted by molar-refractivity contribution is 0.0529. The summed E-state index contributed by atoms with van der Waals surface area (Å²) in [5, 5.41) is 5.38. The molecule has 6 nitrogen and oxygen atoms in total. The minimum atomic E-state index is -3.75. The van der Waals surface area contributed by atoms with Gasteiger partial charge in [0.15, 0.2) is 5.84 Å². The molecule has 0 unspecified atom stereocenters. The van der Waals surface area contributed by atoms with Crippen LogP contribution in [0.3, 0.4) is 0 Å². The summed E-state index contributed by atoms with van der Waals surface area (Å²) in [4.78, 5) is 12.8. The van der Waals surface area contributed by atoms with Crippen molar-refractivity contribution in [2.24, 2.45) is 4.40 Å². The van der Waals surface area contributed by atoms with E-state index in [2.05, 4.69) is 9.71 Å². The summed E-state index contributed by atoms with van der Waals surface area (Å²) < 4.78 is 33.6. The molecule has 1 aliphatic rings. The first-order valence-corrected chi connectivity index (χ1v) is 10.9. The predicted octanol–water partition coefficient (Wildman–Crippen LogP) is 4.15. The van der Waals surface area contributed by atoms with Gasteiger partial charge in [-0.2, -0.15) is 8.42 Å². The van der Waals surface area contributed by atoms with Crippen molar-refractivity contribution >= 4 is 38.2 Å². The Kier molecular flexibility index (Phi) is 4.74. The Morgan fingerprint density at radius 1 is 1.07 bits per heavy atom. The first-order valence-electron chi connectivity index (χ1n) is 8.56. The van der Waals surface area contributed by atoms with E-state index in [0.29, 0.717) is 16.1 Å². The smallest absolute Gasteiger partial charge is 0.341 e. The van der Waals surface area contributed by atoms with E-state index in [4.69, 9.17) is 4.74 Å². The number of sulfonamides is 1. The molecule has 0 atom stereocenters. The summed E-state index contributed by atoms with van der Waals surface area (Å²) >= 11 is 1.30. The number of anilines is 1. The summed E-state index contributed by atoms with van der Waals surface area (Å²) in [5.41, 5.74) is 2.44. The van der Waals surface area contributed by atoms with E-state index in [1.54, 1.807) is 25.1 Å². The van der Waals surface area contributed by atoms with E-state index in [1.807, 2.05) is 35.7 Å². The van der Waals surface area contributed by atoms with Crippen molar-refractivity contribution in [3.63, 3.8) is 0 Å². The third-order valence-corrected chi connectivity index (χ3v) is 6.45. The third kappa shape index (κ3) is 3.21. The van der Waals surface area contributed by atoms with Crippen molar-refractivity contribution in [1.29, 1.82) is 0 Å². The Balaban J connectivity index is 1.79. The maximum absolute atomic E-state index is 12.7. The number of carbonyl (C=O) groups excluding carboxylic acids is 1. The molecule has 0 amide bonds. The zero-order chi connectivity index (χ0) is 19.7. The molecule has 28 heavy (non-hydrogen) atoms. The topological polar surface area (TPSA) is 84.8 Å². The van der Waals surface area contributed by atoms with Crippen LogP contribution in [0.2, 0.25) is 0 Å². The number of esters is 1. The molecule has 2 aromatic carbocycles. The number of fused-ring (bicyclic) bond motifs is 1. The van der Waals surface area contributed by atoms with Crippen LogP contribution in [-0.4, -0.2) is 26.8 Å². The minimum absolute atomic E-state index is 0.148. The number of benzene rings is 2. The Labute approximate surface area is 166 Å². The molecule has 1 N–H and O–H groups in total. The second-order valence-electron chi connectivity index (χ2n) is 5.98. The molecule has 0 bridgehead atoms. The highest BCUT2D eigenvalue weighted by molar-refractivity contribution is 7.90. The van der Waals surface area contributed by atoms with E-state index >= 15 is 0 Å². The number of amidine groups is 1. The highest BCUT2D eigenvalue weighted by atomic mass is 32.2. The number of rotatable bonds is 4. The lowest BCUT2D eigenvalue weighted by Crippen LogP contribution is -2.14. The van der Waals surface area contributed by atoms with Crippen LogP contribution in [0.1, 0.15) is 22.8 Å². The number of hydrogen-bond donors (Lipinski definition) is 1. The van der Waals surface area contributed by atoms with E-state index in [1.165, 1.54) is 17.4 Å². The zero-order valence-corrected chi connectivity index (χ0v) is 16.5. The number of nitrogens with one attached hydrogen (secondary N) is 1. The average molecular weight is 412 g/mol. The minimum Gasteiger partial charge on any atom is -0.462 e. The Bertz CT molecular complexity index is 1180. The van der Waals surface area contributed by atoms with Crippen molar-refractivity contribution in [2.75, 3.05) is 11.9 Å². The highest BCUT2D eigenvalue weighted by Crippen LogP contribution is 2.37. The standard InChI is InChI=1S/C20H16N2O4S2/c1-2-26-20(23)17-15(13-8-4-3-5-9-13)12-27-19(17)21-18-14-10-6-7-11-16(14)28(24,25)22-18/h3-12H,2H2,1H3,(H,21,22). The second-order valence-corrected chi connectivity index (χ2v) is 8.43. The molecule has 0 fully saturated rings. The van der Waals surface area contributed by atoms with Gasteiger partial charge in [-0.1, -0.05) is 42.5 Å². The summed E-state index contributed by atoms with van der Waals surface area (Å²) in [6, 6.07) is 16.1. The van der Waals surface area contributed by atoms with Gasteiger partial charge in [-0.15, -0.1) is 15.7 Å². The van der Waals surface area contributed by atoms with Crippen molar-refractivity contribution in [2.45, 2.75) is 11.8 Å².